The van der Waals surface area contributed by atoms with Gasteiger partial charge in [-0.05, 0) is 75.0 Å². The third kappa shape index (κ3) is 3.42. The Kier molecular flexibility index (Phi) is 4.50. The van der Waals surface area contributed by atoms with Crippen molar-refractivity contribution < 1.29 is 14.7 Å². The van der Waals surface area contributed by atoms with Crippen LogP contribution in [0.4, 0.5) is 10.5 Å². The first-order chi connectivity index (χ1) is 13.6. The van der Waals surface area contributed by atoms with Crippen molar-refractivity contribution in [2.45, 2.75) is 26.2 Å². The first-order valence-electron chi connectivity index (χ1n) is 9.28. The highest BCUT2D eigenvalue weighted by Crippen LogP contribution is 2.37. The molecule has 5 heteroatoms. The number of nitrogens with zero attached hydrogens (tertiary/aromatic N) is 1. The van der Waals surface area contributed by atoms with Gasteiger partial charge in [0, 0.05) is 0 Å². The molecule has 0 spiro atoms. The van der Waals surface area contributed by atoms with Crippen LogP contribution in [-0.4, -0.2) is 16.3 Å². The summed E-state index contributed by atoms with van der Waals surface area (Å²) in [7, 11) is 0. The number of fused-ring (bicyclic) bond motifs is 1. The largest absolute Gasteiger partial charge is 0.508 e. The zero-order valence-electron chi connectivity index (χ0n) is 16.5. The molecule has 4 rings (SSSR count). The second-order valence-corrected chi connectivity index (χ2v) is 9.21. The number of rotatable bonds is 2. The summed E-state index contributed by atoms with van der Waals surface area (Å²) in [4.78, 5) is 25.7. The van der Waals surface area contributed by atoms with Gasteiger partial charge < -0.3 is 5.11 Å². The number of phenols is 1. The molecule has 1 heterocycles. The van der Waals surface area contributed by atoms with Crippen molar-refractivity contribution in [3.05, 3.63) is 71.6 Å². The third-order valence-electron chi connectivity index (χ3n) is 5.05. The average Bonchev–Trinajstić information content (AvgIpc) is 2.92. The summed E-state index contributed by atoms with van der Waals surface area (Å²) in [5, 5.41) is 11.8. The van der Waals surface area contributed by atoms with E-state index >= 15 is 0 Å². The number of benzene rings is 3. The van der Waals surface area contributed by atoms with E-state index in [9.17, 15) is 14.7 Å². The van der Waals surface area contributed by atoms with E-state index < -0.39 is 0 Å². The molecule has 29 heavy (non-hydrogen) atoms. The van der Waals surface area contributed by atoms with E-state index in [2.05, 4.69) is 33.4 Å². The molecule has 146 valence electrons. The highest BCUT2D eigenvalue weighted by molar-refractivity contribution is 8.18. The van der Waals surface area contributed by atoms with Gasteiger partial charge in [-0.15, -0.1) is 0 Å². The minimum atomic E-state index is -0.366. The molecule has 1 aliphatic heterocycles. The van der Waals surface area contributed by atoms with Crippen molar-refractivity contribution in [1.29, 1.82) is 0 Å². The van der Waals surface area contributed by atoms with Crippen LogP contribution in [0.25, 0.3) is 21.9 Å². The molecule has 0 saturated carbocycles. The van der Waals surface area contributed by atoms with Gasteiger partial charge in [0.05, 0.1) is 10.6 Å². The van der Waals surface area contributed by atoms with Crippen molar-refractivity contribution in [1.82, 2.24) is 0 Å². The minimum absolute atomic E-state index is 0.164. The van der Waals surface area contributed by atoms with Crippen molar-refractivity contribution in [3.8, 4) is 16.9 Å². The molecule has 3 aromatic rings. The molecule has 1 N–H and O–H groups in total. The Morgan fingerprint density at radius 3 is 2.17 bits per heavy atom. The van der Waals surface area contributed by atoms with E-state index in [1.54, 1.807) is 12.1 Å². The standard InChI is InChI=1S/C24H21NO3S/c1-14-22(27)25(23(28)29-14)19-9-7-16-11-15(5-6-17(16)12-19)18-8-10-21(26)20(13-18)24(2,3)4/h5-13,26H,1H2,2-4H3. The predicted molar refractivity (Wildman–Crippen MR) is 119 cm³/mol. The highest BCUT2D eigenvalue weighted by atomic mass is 32.2. The zero-order chi connectivity index (χ0) is 20.9. The van der Waals surface area contributed by atoms with Crippen molar-refractivity contribution in [2.75, 3.05) is 4.90 Å². The van der Waals surface area contributed by atoms with Gasteiger partial charge in [0.25, 0.3) is 11.1 Å². The Morgan fingerprint density at radius 2 is 1.52 bits per heavy atom. The monoisotopic (exact) mass is 403 g/mol. The number of thioether (sulfide) groups is 1. The Bertz CT molecular complexity index is 1190. The van der Waals surface area contributed by atoms with Crippen LogP contribution < -0.4 is 4.90 Å². The van der Waals surface area contributed by atoms with Gasteiger partial charge in [-0.2, -0.15) is 0 Å². The maximum absolute atomic E-state index is 12.2. The summed E-state index contributed by atoms with van der Waals surface area (Å²) in [6.07, 6.45) is 0. The van der Waals surface area contributed by atoms with Crippen LogP contribution in [0.1, 0.15) is 26.3 Å². The fourth-order valence-electron chi connectivity index (χ4n) is 3.49. The van der Waals surface area contributed by atoms with Crippen LogP contribution in [-0.2, 0) is 10.2 Å². The SMILES string of the molecule is C=C1SC(=O)N(c2ccc3cc(-c4ccc(O)c(C(C)(C)C)c4)ccc3c2)C1=O. The van der Waals surface area contributed by atoms with Gasteiger partial charge in [0.2, 0.25) is 0 Å². The molecule has 0 unspecified atom stereocenters. The topological polar surface area (TPSA) is 57.6 Å². The molecule has 0 radical (unpaired) electrons. The third-order valence-corrected chi connectivity index (χ3v) is 5.83. The molecule has 2 amide bonds. The summed E-state index contributed by atoms with van der Waals surface area (Å²) in [5.41, 5.74) is 3.34. The number of imide groups is 1. The lowest BCUT2D eigenvalue weighted by atomic mass is 9.84. The summed E-state index contributed by atoms with van der Waals surface area (Å²) in [5.74, 6) is -0.0686. The van der Waals surface area contributed by atoms with Crippen LogP contribution in [0, 0.1) is 0 Å². The zero-order valence-corrected chi connectivity index (χ0v) is 17.3. The molecule has 0 aromatic heterocycles. The molecule has 1 saturated heterocycles. The highest BCUT2D eigenvalue weighted by Gasteiger charge is 2.35. The van der Waals surface area contributed by atoms with E-state index in [0.29, 0.717) is 11.4 Å². The second kappa shape index (κ2) is 6.78. The Balaban J connectivity index is 1.74. The number of anilines is 1. The molecular weight excluding hydrogens is 382 g/mol. The van der Waals surface area contributed by atoms with Crippen molar-refractivity contribution in [2.24, 2.45) is 0 Å². The van der Waals surface area contributed by atoms with Gasteiger partial charge in [-0.3, -0.25) is 9.59 Å². The Morgan fingerprint density at radius 1 is 0.897 bits per heavy atom. The number of aromatic hydroxyl groups is 1. The van der Waals surface area contributed by atoms with Crippen LogP contribution in [0.3, 0.4) is 0 Å². The van der Waals surface area contributed by atoms with Crippen LogP contribution >= 0.6 is 11.8 Å². The van der Waals surface area contributed by atoms with Crippen LogP contribution in [0.2, 0.25) is 0 Å². The van der Waals surface area contributed by atoms with E-state index in [-0.39, 0.29) is 21.5 Å². The number of hydrogen-bond acceptors (Lipinski definition) is 4. The summed E-state index contributed by atoms with van der Waals surface area (Å²) < 4.78 is 0. The van der Waals surface area contributed by atoms with E-state index in [1.807, 2.05) is 36.4 Å². The molecular formula is C24H21NO3S. The molecule has 0 aliphatic carbocycles. The molecule has 1 fully saturated rings. The first-order valence-corrected chi connectivity index (χ1v) is 10.1. The quantitative estimate of drug-likeness (QED) is 0.516. The first kappa shape index (κ1) is 19.3. The van der Waals surface area contributed by atoms with Crippen molar-refractivity contribution in [3.63, 3.8) is 0 Å². The minimum Gasteiger partial charge on any atom is -0.508 e. The molecule has 0 atom stereocenters. The van der Waals surface area contributed by atoms with Crippen LogP contribution in [0.5, 0.6) is 5.75 Å². The molecule has 4 nitrogen and oxygen atoms in total. The average molecular weight is 404 g/mol. The summed E-state index contributed by atoms with van der Waals surface area (Å²) in [6, 6.07) is 17.2. The number of hydrogen-bond donors (Lipinski definition) is 1. The van der Waals surface area contributed by atoms with E-state index in [1.165, 1.54) is 0 Å². The van der Waals surface area contributed by atoms with E-state index in [4.69, 9.17) is 0 Å². The predicted octanol–water partition coefficient (Wildman–Crippen LogP) is 6.22. The maximum atomic E-state index is 12.2. The number of carbonyl (C=O) groups excluding carboxylic acids is 2. The normalized spacial score (nSPS) is 14.9. The number of amides is 2. The van der Waals surface area contributed by atoms with Gasteiger partial charge in [0.15, 0.2) is 0 Å². The van der Waals surface area contributed by atoms with Crippen LogP contribution in [0.15, 0.2) is 66.1 Å². The second-order valence-electron chi connectivity index (χ2n) is 8.16. The Labute approximate surface area is 173 Å². The fourth-order valence-corrected chi connectivity index (χ4v) is 4.16. The Hall–Kier alpha value is -3.05. The van der Waals surface area contributed by atoms with Gasteiger partial charge in [-0.25, -0.2) is 4.90 Å². The maximum Gasteiger partial charge on any atom is 0.298 e. The van der Waals surface area contributed by atoms with E-state index in [0.717, 1.165) is 44.1 Å². The lowest BCUT2D eigenvalue weighted by molar-refractivity contribution is -0.113. The number of carbonyl (C=O) groups is 2. The molecule has 0 bridgehead atoms. The van der Waals surface area contributed by atoms with Gasteiger partial charge in [0.1, 0.15) is 5.75 Å². The smallest absolute Gasteiger partial charge is 0.298 e. The van der Waals surface area contributed by atoms with Gasteiger partial charge >= 0.3 is 0 Å². The lowest BCUT2D eigenvalue weighted by Crippen LogP contribution is -2.27. The van der Waals surface area contributed by atoms with Crippen molar-refractivity contribution >= 4 is 39.4 Å². The fraction of sp³-hybridized carbons (Fsp3) is 0.167. The lowest BCUT2D eigenvalue weighted by Gasteiger charge is -2.21. The number of phenolic OH excluding ortho intramolecular Hbond substituents is 1. The van der Waals surface area contributed by atoms with Gasteiger partial charge in [-0.1, -0.05) is 51.6 Å². The summed E-state index contributed by atoms with van der Waals surface area (Å²) >= 11 is 0.864. The molecule has 1 aliphatic rings. The molecule has 3 aromatic carbocycles. The summed E-state index contributed by atoms with van der Waals surface area (Å²) in [6.45, 7) is 9.85.